The van der Waals surface area contributed by atoms with Crippen LogP contribution in [0.2, 0.25) is 0 Å². The van der Waals surface area contributed by atoms with E-state index in [9.17, 15) is 0 Å². The average molecular weight is 142 g/mol. The number of allylic oxidation sites excluding steroid dienone is 2. The molecule has 0 N–H and O–H groups in total. The molecule has 0 saturated carbocycles. The molecule has 0 bridgehead atoms. The Balaban J connectivity index is -0.0000000847. The first-order valence-electron chi connectivity index (χ1n) is 3.90. The van der Waals surface area contributed by atoms with E-state index >= 15 is 0 Å². The first kappa shape index (κ1) is 16.2. The summed E-state index contributed by atoms with van der Waals surface area (Å²) in [5.41, 5.74) is 1.25. The summed E-state index contributed by atoms with van der Waals surface area (Å²) in [7, 11) is 0. The van der Waals surface area contributed by atoms with Gasteiger partial charge in [0.05, 0.1) is 0 Å². The van der Waals surface area contributed by atoms with Crippen molar-refractivity contribution >= 4 is 0 Å². The first-order chi connectivity index (χ1) is 4.68. The summed E-state index contributed by atoms with van der Waals surface area (Å²) < 4.78 is 0. The van der Waals surface area contributed by atoms with Crippen LogP contribution in [0.4, 0.5) is 0 Å². The summed E-state index contributed by atoms with van der Waals surface area (Å²) >= 11 is 0. The standard InChI is InChI=1S/C5H10.C3H6.C2H6/c1-4-5(2)3;1-3-2;1-2/h2,4H2,1,3H3;3H,1H2,2H3;1-2H3. The molecule has 0 amide bonds. The zero-order chi connectivity index (χ0) is 8.99. The molecule has 0 heteroatoms. The quantitative estimate of drug-likeness (QED) is 0.481. The fourth-order valence-corrected chi connectivity index (χ4v) is 0. The molecule has 0 aromatic rings. The highest BCUT2D eigenvalue weighted by Crippen LogP contribution is 1.88. The molecule has 0 aliphatic heterocycles. The minimum Gasteiger partial charge on any atom is -0.103 e. The lowest BCUT2D eigenvalue weighted by molar-refractivity contribution is 1.11. The van der Waals surface area contributed by atoms with Crippen LogP contribution in [0.5, 0.6) is 0 Å². The second kappa shape index (κ2) is 23.6. The Morgan fingerprint density at radius 2 is 1.50 bits per heavy atom. The Morgan fingerprint density at radius 1 is 1.40 bits per heavy atom. The predicted octanol–water partition coefficient (Wildman–Crippen LogP) is 4.19. The van der Waals surface area contributed by atoms with Crippen molar-refractivity contribution in [1.82, 2.24) is 0 Å². The van der Waals surface area contributed by atoms with Crippen molar-refractivity contribution in [2.45, 2.75) is 41.0 Å². The molecule has 0 aromatic carbocycles. The molecule has 0 saturated heterocycles. The van der Waals surface area contributed by atoms with Crippen molar-refractivity contribution in [3.05, 3.63) is 24.8 Å². The molecule has 0 spiro atoms. The fraction of sp³-hybridized carbons (Fsp3) is 0.600. The maximum atomic E-state index is 3.67. The minimum atomic E-state index is 1.11. The van der Waals surface area contributed by atoms with Gasteiger partial charge in [0.2, 0.25) is 0 Å². The molecule has 0 aliphatic carbocycles. The van der Waals surface area contributed by atoms with Crippen molar-refractivity contribution in [2.24, 2.45) is 0 Å². The lowest BCUT2D eigenvalue weighted by atomic mass is 10.3. The highest BCUT2D eigenvalue weighted by molar-refractivity contribution is 4.84. The van der Waals surface area contributed by atoms with Crippen LogP contribution in [0.1, 0.15) is 41.0 Å². The van der Waals surface area contributed by atoms with E-state index in [2.05, 4.69) is 20.1 Å². The SMILES string of the molecule is C=C(C)CC.C=CC.CC. The maximum absolute atomic E-state index is 3.67. The maximum Gasteiger partial charge on any atom is -0.0354 e. The third-order valence-corrected chi connectivity index (χ3v) is 0.604. The van der Waals surface area contributed by atoms with E-state index < -0.39 is 0 Å². The summed E-state index contributed by atoms with van der Waals surface area (Å²) in [6, 6.07) is 0. The van der Waals surface area contributed by atoms with Gasteiger partial charge in [-0.2, -0.15) is 0 Å². The van der Waals surface area contributed by atoms with Gasteiger partial charge in [-0.25, -0.2) is 0 Å². The summed E-state index contributed by atoms with van der Waals surface area (Å²) in [6.45, 7) is 17.1. The van der Waals surface area contributed by atoms with E-state index in [-0.39, 0.29) is 0 Å². The third kappa shape index (κ3) is 143. The highest BCUT2D eigenvalue weighted by Gasteiger charge is 1.67. The third-order valence-electron chi connectivity index (χ3n) is 0.604. The molecule has 0 aromatic heterocycles. The molecule has 0 atom stereocenters. The van der Waals surface area contributed by atoms with Crippen molar-refractivity contribution < 1.29 is 0 Å². The largest absolute Gasteiger partial charge is 0.103 e. The molecule has 62 valence electrons. The fourth-order valence-electron chi connectivity index (χ4n) is 0. The second-order valence-electron chi connectivity index (χ2n) is 1.72. The van der Waals surface area contributed by atoms with Gasteiger partial charge in [-0.1, -0.05) is 32.4 Å². The number of hydrogen-bond acceptors (Lipinski definition) is 0. The van der Waals surface area contributed by atoms with Crippen molar-refractivity contribution in [3.63, 3.8) is 0 Å². The Bertz CT molecular complexity index is 60.4. The van der Waals surface area contributed by atoms with Crippen LogP contribution in [-0.4, -0.2) is 0 Å². The lowest BCUT2D eigenvalue weighted by Crippen LogP contribution is -1.58. The van der Waals surface area contributed by atoms with Crippen molar-refractivity contribution in [2.75, 3.05) is 0 Å². The van der Waals surface area contributed by atoms with Gasteiger partial charge in [0.25, 0.3) is 0 Å². The van der Waals surface area contributed by atoms with Crippen LogP contribution in [0, 0.1) is 0 Å². The Kier molecular flexibility index (Phi) is 38.4. The zero-order valence-electron chi connectivity index (χ0n) is 8.20. The van der Waals surface area contributed by atoms with E-state index in [0.717, 1.165) is 6.42 Å². The number of rotatable bonds is 1. The zero-order valence-corrected chi connectivity index (χ0v) is 8.20. The molecular weight excluding hydrogens is 120 g/mol. The van der Waals surface area contributed by atoms with Crippen LogP contribution < -0.4 is 0 Å². The Labute approximate surface area is 66.7 Å². The van der Waals surface area contributed by atoms with Gasteiger partial charge in [-0.05, 0) is 20.3 Å². The van der Waals surface area contributed by atoms with Crippen molar-refractivity contribution in [1.29, 1.82) is 0 Å². The molecule has 10 heavy (non-hydrogen) atoms. The molecule has 0 heterocycles. The monoisotopic (exact) mass is 142 g/mol. The van der Waals surface area contributed by atoms with Gasteiger partial charge in [0, 0.05) is 0 Å². The molecule has 0 fully saturated rings. The lowest BCUT2D eigenvalue weighted by Gasteiger charge is -1.79. The molecule has 0 aliphatic rings. The van der Waals surface area contributed by atoms with Crippen LogP contribution in [-0.2, 0) is 0 Å². The van der Waals surface area contributed by atoms with E-state index in [1.165, 1.54) is 5.57 Å². The van der Waals surface area contributed by atoms with E-state index in [1.54, 1.807) is 6.08 Å². The Hall–Kier alpha value is -0.520. The van der Waals surface area contributed by atoms with E-state index in [4.69, 9.17) is 0 Å². The molecular formula is C10H22. The first-order valence-corrected chi connectivity index (χ1v) is 3.90. The summed E-state index contributed by atoms with van der Waals surface area (Å²) in [5.74, 6) is 0. The van der Waals surface area contributed by atoms with Gasteiger partial charge in [0.15, 0.2) is 0 Å². The molecule has 0 nitrogen and oxygen atoms in total. The van der Waals surface area contributed by atoms with Crippen molar-refractivity contribution in [3.8, 4) is 0 Å². The normalized spacial score (nSPS) is 5.70. The summed E-state index contributed by atoms with van der Waals surface area (Å²) in [5, 5.41) is 0. The van der Waals surface area contributed by atoms with Crippen LogP contribution in [0.3, 0.4) is 0 Å². The second-order valence-corrected chi connectivity index (χ2v) is 1.72. The predicted molar refractivity (Wildman–Crippen MR) is 52.3 cm³/mol. The molecule has 0 unspecified atom stereocenters. The topological polar surface area (TPSA) is 0 Å². The van der Waals surface area contributed by atoms with E-state index in [1.807, 2.05) is 27.7 Å². The molecule has 0 rings (SSSR count). The van der Waals surface area contributed by atoms with Gasteiger partial charge >= 0.3 is 0 Å². The molecule has 0 radical (unpaired) electrons. The van der Waals surface area contributed by atoms with Crippen LogP contribution in [0.15, 0.2) is 24.8 Å². The summed E-state index contributed by atoms with van der Waals surface area (Å²) in [4.78, 5) is 0. The van der Waals surface area contributed by atoms with Gasteiger partial charge in [-0.3, -0.25) is 0 Å². The van der Waals surface area contributed by atoms with Crippen LogP contribution >= 0.6 is 0 Å². The van der Waals surface area contributed by atoms with Gasteiger partial charge in [0.1, 0.15) is 0 Å². The smallest absolute Gasteiger partial charge is 0.0354 e. The van der Waals surface area contributed by atoms with Gasteiger partial charge < -0.3 is 0 Å². The van der Waals surface area contributed by atoms with Gasteiger partial charge in [-0.15, -0.1) is 13.2 Å². The summed E-state index contributed by atoms with van der Waals surface area (Å²) in [6.07, 6.45) is 2.86. The average Bonchev–Trinajstić information content (AvgIpc) is 1.94. The van der Waals surface area contributed by atoms with E-state index in [0.29, 0.717) is 0 Å². The Morgan fingerprint density at radius 3 is 1.50 bits per heavy atom. The highest BCUT2D eigenvalue weighted by atomic mass is 13.7. The minimum absolute atomic E-state index is 1.11. The van der Waals surface area contributed by atoms with Crippen LogP contribution in [0.25, 0.3) is 0 Å². The number of hydrogen-bond donors (Lipinski definition) is 0.